The summed E-state index contributed by atoms with van der Waals surface area (Å²) in [5.41, 5.74) is 1.37. The van der Waals surface area contributed by atoms with Gasteiger partial charge in [-0.15, -0.1) is 0 Å². The molecule has 0 radical (unpaired) electrons. The summed E-state index contributed by atoms with van der Waals surface area (Å²) in [5.74, 6) is 5.24. The monoisotopic (exact) mass is 362 g/mol. The van der Waals surface area contributed by atoms with E-state index in [2.05, 4.69) is 45.7 Å². The molecule has 0 aliphatic heterocycles. The lowest BCUT2D eigenvalue weighted by Crippen LogP contribution is -2.52. The molecule has 4 rings (SSSR count). The van der Waals surface area contributed by atoms with Crippen LogP contribution in [0.25, 0.3) is 0 Å². The minimum absolute atomic E-state index is 0.465. The molecule has 0 saturated heterocycles. The lowest BCUT2D eigenvalue weighted by Gasteiger charge is -2.60. The molecule has 4 saturated carbocycles. The minimum atomic E-state index is 0.465. The summed E-state index contributed by atoms with van der Waals surface area (Å²) in [6, 6.07) is 0. The zero-order valence-corrected chi connectivity index (χ0v) is 18.4. The van der Waals surface area contributed by atoms with E-state index in [9.17, 15) is 0 Å². The van der Waals surface area contributed by atoms with E-state index in [0.717, 1.165) is 29.6 Å². The first-order valence-corrected chi connectivity index (χ1v) is 12.6. The number of hydrogen-bond donors (Lipinski definition) is 0. The third kappa shape index (κ3) is 2.94. The molecule has 0 amide bonds. The van der Waals surface area contributed by atoms with Gasteiger partial charge in [0.05, 0.1) is 0 Å². The van der Waals surface area contributed by atoms with Gasteiger partial charge < -0.3 is 0 Å². The Morgan fingerprint density at radius 1 is 0.840 bits per heavy atom. The Labute approximate surface area is 161 Å². The maximum atomic E-state index is 2.72. The normalized spacial score (nSPS) is 50.0. The molecule has 0 aromatic rings. The Bertz CT molecular complexity index is 496. The van der Waals surface area contributed by atoms with Crippen LogP contribution in [0, 0.1) is 40.4 Å². The first kappa shape index (κ1) is 18.7. The molecular weight excluding hydrogens is 320 g/mol. The molecule has 7 unspecified atom stereocenters. The van der Waals surface area contributed by atoms with Crippen molar-refractivity contribution in [2.75, 3.05) is 6.26 Å². The van der Waals surface area contributed by atoms with E-state index in [4.69, 9.17) is 0 Å². The maximum absolute atomic E-state index is 2.72. The highest BCUT2D eigenvalue weighted by atomic mass is 32.2. The highest BCUT2D eigenvalue weighted by molar-refractivity contribution is 7.99. The molecule has 7 atom stereocenters. The third-order valence-corrected chi connectivity index (χ3v) is 11.3. The third-order valence-electron chi connectivity index (χ3n) is 10.1. The topological polar surface area (TPSA) is 0 Å². The molecule has 0 heterocycles. The van der Waals surface area contributed by atoms with Crippen molar-refractivity contribution in [3.8, 4) is 0 Å². The Morgan fingerprint density at radius 3 is 2.36 bits per heavy atom. The van der Waals surface area contributed by atoms with Crippen molar-refractivity contribution in [1.29, 1.82) is 0 Å². The van der Waals surface area contributed by atoms with E-state index in [1.807, 2.05) is 0 Å². The Morgan fingerprint density at radius 2 is 1.60 bits per heavy atom. The molecule has 0 bridgehead atoms. The first-order chi connectivity index (χ1) is 11.8. The molecule has 0 nitrogen and oxygen atoms in total. The molecule has 4 aliphatic rings. The quantitative estimate of drug-likeness (QED) is 0.499. The lowest BCUT2D eigenvalue weighted by molar-refractivity contribution is -0.111. The van der Waals surface area contributed by atoms with Crippen LogP contribution < -0.4 is 0 Å². The van der Waals surface area contributed by atoms with Gasteiger partial charge in [-0.05, 0) is 104 Å². The molecule has 4 aliphatic carbocycles. The number of hydrogen-bond acceptors (Lipinski definition) is 1. The average molecular weight is 363 g/mol. The van der Waals surface area contributed by atoms with Crippen LogP contribution in [0.15, 0.2) is 0 Å². The zero-order valence-electron chi connectivity index (χ0n) is 17.6. The molecule has 0 aromatic carbocycles. The molecule has 0 spiro atoms. The van der Waals surface area contributed by atoms with Gasteiger partial charge in [0, 0.05) is 4.75 Å². The van der Waals surface area contributed by atoms with E-state index >= 15 is 0 Å². The first-order valence-electron chi connectivity index (χ1n) is 11.4. The van der Waals surface area contributed by atoms with Crippen LogP contribution in [0.3, 0.4) is 0 Å². The van der Waals surface area contributed by atoms with Crippen LogP contribution in [0.2, 0.25) is 0 Å². The summed E-state index contributed by atoms with van der Waals surface area (Å²) in [6.45, 7) is 10.4. The van der Waals surface area contributed by atoms with Crippen LogP contribution in [0.4, 0.5) is 0 Å². The van der Waals surface area contributed by atoms with Gasteiger partial charge in [0.25, 0.3) is 0 Å². The van der Waals surface area contributed by atoms with Gasteiger partial charge in [0.1, 0.15) is 0 Å². The molecule has 0 N–H and O–H groups in total. The van der Waals surface area contributed by atoms with Crippen LogP contribution in [0.5, 0.6) is 0 Å². The summed E-state index contributed by atoms with van der Waals surface area (Å²) in [7, 11) is 0. The van der Waals surface area contributed by atoms with Crippen molar-refractivity contribution < 1.29 is 0 Å². The minimum Gasteiger partial charge on any atom is -0.159 e. The summed E-state index contributed by atoms with van der Waals surface area (Å²) in [6.07, 6.45) is 19.2. The predicted octanol–water partition coefficient (Wildman–Crippen LogP) is 7.57. The lowest BCUT2D eigenvalue weighted by atomic mass is 9.45. The number of fused-ring (bicyclic) bond motifs is 5. The van der Waals surface area contributed by atoms with Crippen LogP contribution in [0.1, 0.15) is 98.3 Å². The van der Waals surface area contributed by atoms with Crippen molar-refractivity contribution in [3.63, 3.8) is 0 Å². The summed E-state index contributed by atoms with van der Waals surface area (Å²) in [5, 5.41) is 0. The van der Waals surface area contributed by atoms with E-state index in [1.165, 1.54) is 32.1 Å². The second kappa shape index (κ2) is 6.46. The van der Waals surface area contributed by atoms with Crippen LogP contribution in [-0.2, 0) is 0 Å². The van der Waals surface area contributed by atoms with E-state index < -0.39 is 0 Å². The van der Waals surface area contributed by atoms with Gasteiger partial charge in [0.2, 0.25) is 0 Å². The fourth-order valence-electron chi connectivity index (χ4n) is 8.42. The predicted molar refractivity (Wildman–Crippen MR) is 112 cm³/mol. The fraction of sp³-hybridized carbons (Fsp3) is 1.00. The Balaban J connectivity index is 1.55. The second-order valence-corrected chi connectivity index (χ2v) is 12.9. The molecule has 25 heavy (non-hydrogen) atoms. The fourth-order valence-corrected chi connectivity index (χ4v) is 8.78. The van der Waals surface area contributed by atoms with Gasteiger partial charge in [-0.3, -0.25) is 0 Å². The van der Waals surface area contributed by atoms with Crippen molar-refractivity contribution in [2.24, 2.45) is 40.4 Å². The van der Waals surface area contributed by atoms with Crippen LogP contribution in [-0.4, -0.2) is 11.0 Å². The summed E-state index contributed by atoms with van der Waals surface area (Å²) >= 11 is 2.09. The van der Waals surface area contributed by atoms with E-state index in [1.54, 1.807) is 38.5 Å². The van der Waals surface area contributed by atoms with Gasteiger partial charge in [0.15, 0.2) is 0 Å². The van der Waals surface area contributed by atoms with Crippen molar-refractivity contribution in [2.45, 2.75) is 103 Å². The largest absolute Gasteiger partial charge is 0.159 e. The van der Waals surface area contributed by atoms with Gasteiger partial charge >= 0.3 is 0 Å². The molecular formula is C24H42S. The molecule has 0 aromatic heterocycles. The van der Waals surface area contributed by atoms with E-state index in [-0.39, 0.29) is 0 Å². The highest BCUT2D eigenvalue weighted by Gasteiger charge is 2.59. The van der Waals surface area contributed by atoms with Crippen molar-refractivity contribution in [1.82, 2.24) is 0 Å². The number of rotatable bonds is 3. The SMILES string of the molecule is CSC(C)(C)CC1CCC2C3CCC4CCCCC4(C)C3CCC12C. The van der Waals surface area contributed by atoms with Crippen molar-refractivity contribution >= 4 is 11.8 Å². The van der Waals surface area contributed by atoms with E-state index in [0.29, 0.717) is 15.6 Å². The summed E-state index contributed by atoms with van der Waals surface area (Å²) in [4.78, 5) is 0. The summed E-state index contributed by atoms with van der Waals surface area (Å²) < 4.78 is 0.465. The molecule has 4 fully saturated rings. The van der Waals surface area contributed by atoms with Gasteiger partial charge in [-0.1, -0.05) is 40.5 Å². The zero-order chi connectivity index (χ0) is 17.9. The van der Waals surface area contributed by atoms with Gasteiger partial charge in [-0.2, -0.15) is 11.8 Å². The standard InChI is InChI=1S/C24H42S/c1-22(2,25-5)16-18-10-12-20-19-11-9-17-8-6-7-14-23(17,3)21(19)13-15-24(18,20)4/h17-21H,6-16H2,1-5H3. The van der Waals surface area contributed by atoms with Crippen LogP contribution >= 0.6 is 11.8 Å². The smallest absolute Gasteiger partial charge is 0.0103 e. The molecule has 144 valence electrons. The number of thioether (sulfide) groups is 1. The Kier molecular flexibility index (Phi) is 4.83. The highest BCUT2D eigenvalue weighted by Crippen LogP contribution is 2.68. The average Bonchev–Trinajstić information content (AvgIpc) is 2.90. The maximum Gasteiger partial charge on any atom is 0.0103 e. The molecule has 1 heteroatoms. The van der Waals surface area contributed by atoms with Gasteiger partial charge in [-0.25, -0.2) is 0 Å². The second-order valence-electron chi connectivity index (χ2n) is 11.4. The Hall–Kier alpha value is 0.350. The van der Waals surface area contributed by atoms with Crippen molar-refractivity contribution in [3.05, 3.63) is 0 Å².